The average Bonchev–Trinajstić information content (AvgIpc) is 3.16. The van der Waals surface area contributed by atoms with Gasteiger partial charge in [0.05, 0.1) is 14.4 Å². The van der Waals surface area contributed by atoms with E-state index >= 15 is 0 Å². The van der Waals surface area contributed by atoms with Crippen molar-refractivity contribution in [3.8, 4) is 11.3 Å². The summed E-state index contributed by atoms with van der Waals surface area (Å²) in [6, 6.07) is 13.6. The van der Waals surface area contributed by atoms with Crippen molar-refractivity contribution in [2.45, 2.75) is 6.54 Å². The Morgan fingerprint density at radius 2 is 2.00 bits per heavy atom. The zero-order valence-electron chi connectivity index (χ0n) is 11.0. The van der Waals surface area contributed by atoms with Crippen molar-refractivity contribution >= 4 is 33.2 Å². The molecule has 2 heterocycles. The number of amides is 1. The monoisotopic (exact) mass is 361 g/mol. The van der Waals surface area contributed by atoms with E-state index in [0.29, 0.717) is 11.4 Å². The Kier molecular flexibility index (Phi) is 4.17. The van der Waals surface area contributed by atoms with E-state index in [1.807, 2.05) is 42.5 Å². The highest BCUT2D eigenvalue weighted by Crippen LogP contribution is 2.22. The van der Waals surface area contributed by atoms with Gasteiger partial charge in [-0.1, -0.05) is 24.3 Å². The molecule has 0 unspecified atom stereocenters. The largest absolute Gasteiger partial charge is 0.347 e. The molecule has 0 radical (unpaired) electrons. The molecule has 0 fully saturated rings. The van der Waals surface area contributed by atoms with E-state index in [2.05, 4.69) is 31.4 Å². The van der Waals surface area contributed by atoms with Crippen LogP contribution in [-0.2, 0) is 6.54 Å². The molecule has 1 amide bonds. The van der Waals surface area contributed by atoms with Gasteiger partial charge in [-0.3, -0.25) is 9.89 Å². The summed E-state index contributed by atoms with van der Waals surface area (Å²) in [6.45, 7) is 0.512. The molecule has 0 aliphatic carbocycles. The van der Waals surface area contributed by atoms with Gasteiger partial charge in [0.2, 0.25) is 0 Å². The van der Waals surface area contributed by atoms with Gasteiger partial charge in [-0.25, -0.2) is 0 Å². The van der Waals surface area contributed by atoms with E-state index in [9.17, 15) is 4.79 Å². The van der Waals surface area contributed by atoms with Crippen molar-refractivity contribution in [1.82, 2.24) is 15.5 Å². The third kappa shape index (κ3) is 3.40. The van der Waals surface area contributed by atoms with Crippen molar-refractivity contribution in [1.29, 1.82) is 0 Å². The minimum Gasteiger partial charge on any atom is -0.347 e. The smallest absolute Gasteiger partial charge is 0.261 e. The first kappa shape index (κ1) is 14.0. The molecule has 0 aliphatic rings. The number of hydrogen-bond acceptors (Lipinski definition) is 3. The molecule has 21 heavy (non-hydrogen) atoms. The molecule has 0 spiro atoms. The lowest BCUT2D eigenvalue weighted by Crippen LogP contribution is -2.21. The lowest BCUT2D eigenvalue weighted by atomic mass is 10.1. The van der Waals surface area contributed by atoms with Crippen LogP contribution in [0, 0.1) is 0 Å². The van der Waals surface area contributed by atoms with Gasteiger partial charge in [0.25, 0.3) is 5.91 Å². The Morgan fingerprint density at radius 1 is 1.19 bits per heavy atom. The average molecular weight is 362 g/mol. The van der Waals surface area contributed by atoms with Gasteiger partial charge >= 0.3 is 0 Å². The fourth-order valence-corrected chi connectivity index (χ4v) is 3.23. The van der Waals surface area contributed by atoms with Gasteiger partial charge in [0.1, 0.15) is 0 Å². The number of aromatic nitrogens is 2. The van der Waals surface area contributed by atoms with E-state index in [-0.39, 0.29) is 5.91 Å². The van der Waals surface area contributed by atoms with Gasteiger partial charge in [-0.2, -0.15) is 5.10 Å². The van der Waals surface area contributed by atoms with Crippen molar-refractivity contribution in [2.24, 2.45) is 0 Å². The first-order chi connectivity index (χ1) is 10.2. The Morgan fingerprint density at radius 3 is 2.62 bits per heavy atom. The highest BCUT2D eigenvalue weighted by atomic mass is 79.9. The van der Waals surface area contributed by atoms with Crippen LogP contribution in [0.5, 0.6) is 0 Å². The quantitative estimate of drug-likeness (QED) is 0.741. The molecule has 3 rings (SSSR count). The lowest BCUT2D eigenvalue weighted by molar-refractivity contribution is 0.0955. The Labute approximate surface area is 134 Å². The predicted molar refractivity (Wildman–Crippen MR) is 87.2 cm³/mol. The lowest BCUT2D eigenvalue weighted by Gasteiger charge is -2.05. The van der Waals surface area contributed by atoms with E-state index in [1.54, 1.807) is 6.20 Å². The number of carbonyl (C=O) groups excluding carboxylic acids is 1. The second-order valence-corrected chi connectivity index (χ2v) is 6.92. The minimum absolute atomic E-state index is 0.0525. The number of benzene rings is 1. The van der Waals surface area contributed by atoms with Crippen molar-refractivity contribution in [3.63, 3.8) is 0 Å². The third-order valence-electron chi connectivity index (χ3n) is 3.02. The topological polar surface area (TPSA) is 57.8 Å². The zero-order chi connectivity index (χ0) is 14.7. The van der Waals surface area contributed by atoms with E-state index in [0.717, 1.165) is 20.6 Å². The van der Waals surface area contributed by atoms with Crippen molar-refractivity contribution in [3.05, 3.63) is 62.9 Å². The maximum atomic E-state index is 12.0. The van der Waals surface area contributed by atoms with Gasteiger partial charge in [0, 0.05) is 12.7 Å². The molecule has 0 saturated carbocycles. The van der Waals surface area contributed by atoms with Crippen LogP contribution in [-0.4, -0.2) is 16.1 Å². The zero-order valence-corrected chi connectivity index (χ0v) is 13.4. The Bertz CT molecular complexity index is 735. The second kappa shape index (κ2) is 6.24. The molecule has 4 nitrogen and oxygen atoms in total. The number of nitrogens with one attached hydrogen (secondary N) is 2. The number of carbonyl (C=O) groups is 1. The molecule has 2 N–H and O–H groups in total. The number of nitrogens with zero attached hydrogens (tertiary/aromatic N) is 1. The Hall–Kier alpha value is -1.92. The predicted octanol–water partition coefficient (Wildman–Crippen LogP) is 3.83. The van der Waals surface area contributed by atoms with Crippen LogP contribution >= 0.6 is 27.3 Å². The van der Waals surface area contributed by atoms with Gasteiger partial charge in [0.15, 0.2) is 0 Å². The van der Waals surface area contributed by atoms with Crippen LogP contribution in [0.1, 0.15) is 15.2 Å². The number of hydrogen-bond donors (Lipinski definition) is 2. The normalized spacial score (nSPS) is 10.5. The molecule has 0 atom stereocenters. The highest BCUT2D eigenvalue weighted by molar-refractivity contribution is 9.11. The summed E-state index contributed by atoms with van der Waals surface area (Å²) in [7, 11) is 0. The molecular formula is C15H12BrN3OS. The molecule has 0 aliphatic heterocycles. The van der Waals surface area contributed by atoms with Gasteiger partial charge < -0.3 is 5.32 Å². The highest BCUT2D eigenvalue weighted by Gasteiger charge is 2.08. The van der Waals surface area contributed by atoms with Crippen LogP contribution in [0.4, 0.5) is 0 Å². The number of thiophene rings is 1. The SMILES string of the molecule is O=C(NCc1ccc(-c2ccn[nH]2)cc1)c1ccc(Br)s1. The number of aromatic amines is 1. The third-order valence-corrected chi connectivity index (χ3v) is 4.64. The van der Waals surface area contributed by atoms with Crippen LogP contribution in [0.15, 0.2) is 52.4 Å². The summed E-state index contributed by atoms with van der Waals surface area (Å²) in [5.41, 5.74) is 3.11. The molecule has 2 aromatic heterocycles. The van der Waals surface area contributed by atoms with Crippen LogP contribution in [0.2, 0.25) is 0 Å². The fourth-order valence-electron chi connectivity index (χ4n) is 1.92. The summed E-state index contributed by atoms with van der Waals surface area (Å²) in [5.74, 6) is -0.0525. The van der Waals surface area contributed by atoms with E-state index in [4.69, 9.17) is 0 Å². The molecule has 3 aromatic rings. The molecule has 6 heteroatoms. The molecule has 0 bridgehead atoms. The van der Waals surface area contributed by atoms with Gasteiger partial charge in [-0.15, -0.1) is 11.3 Å². The van der Waals surface area contributed by atoms with Crippen molar-refractivity contribution in [2.75, 3.05) is 0 Å². The van der Waals surface area contributed by atoms with Gasteiger partial charge in [-0.05, 0) is 45.3 Å². The maximum Gasteiger partial charge on any atom is 0.261 e. The summed E-state index contributed by atoms with van der Waals surface area (Å²) in [5, 5.41) is 9.77. The fraction of sp³-hybridized carbons (Fsp3) is 0.0667. The van der Waals surface area contributed by atoms with E-state index in [1.165, 1.54) is 11.3 Å². The van der Waals surface area contributed by atoms with Crippen LogP contribution in [0.3, 0.4) is 0 Å². The first-order valence-corrected chi connectivity index (χ1v) is 7.95. The second-order valence-electron chi connectivity index (χ2n) is 4.45. The summed E-state index contributed by atoms with van der Waals surface area (Å²) in [6.07, 6.45) is 1.72. The molecule has 0 saturated heterocycles. The van der Waals surface area contributed by atoms with E-state index < -0.39 is 0 Å². The van der Waals surface area contributed by atoms with Crippen LogP contribution < -0.4 is 5.32 Å². The van der Waals surface area contributed by atoms with Crippen molar-refractivity contribution < 1.29 is 4.79 Å². The number of H-pyrrole nitrogens is 1. The maximum absolute atomic E-state index is 12.0. The first-order valence-electron chi connectivity index (χ1n) is 6.34. The number of halogens is 1. The molecule has 1 aromatic carbocycles. The summed E-state index contributed by atoms with van der Waals surface area (Å²) >= 11 is 4.78. The minimum atomic E-state index is -0.0525. The van der Waals surface area contributed by atoms with Crippen LogP contribution in [0.25, 0.3) is 11.3 Å². The molecule has 106 valence electrons. The summed E-state index contributed by atoms with van der Waals surface area (Å²) < 4.78 is 0.955. The standard InChI is InChI=1S/C15H12BrN3OS/c16-14-6-5-13(21-14)15(20)17-9-10-1-3-11(4-2-10)12-7-8-18-19-12/h1-8H,9H2,(H,17,20)(H,18,19). The molecular weight excluding hydrogens is 350 g/mol. The number of rotatable bonds is 4. The summed E-state index contributed by atoms with van der Waals surface area (Å²) in [4.78, 5) is 12.7. The Balaban J connectivity index is 1.62.